The zero-order valence-corrected chi connectivity index (χ0v) is 7.08. The third kappa shape index (κ3) is 0.724. The molecule has 3 nitrogen and oxygen atoms in total. The van der Waals surface area contributed by atoms with E-state index in [4.69, 9.17) is 9.47 Å². The van der Waals surface area contributed by atoms with Gasteiger partial charge in [-0.3, -0.25) is 4.79 Å². The molecule has 0 N–H and O–H groups in total. The van der Waals surface area contributed by atoms with E-state index in [2.05, 4.69) is 6.92 Å². The third-order valence-electron chi connectivity index (χ3n) is 3.41. The van der Waals surface area contributed by atoms with Crippen LogP contribution in [0.1, 0.15) is 26.2 Å². The minimum Gasteiger partial charge on any atom is -0.459 e. The van der Waals surface area contributed by atoms with Crippen molar-refractivity contribution in [3.8, 4) is 0 Å². The van der Waals surface area contributed by atoms with Gasteiger partial charge in [0.25, 0.3) is 0 Å². The molecule has 0 radical (unpaired) electrons. The van der Waals surface area contributed by atoms with Crippen LogP contribution >= 0.6 is 0 Å². The summed E-state index contributed by atoms with van der Waals surface area (Å²) in [7, 11) is 0. The van der Waals surface area contributed by atoms with Gasteiger partial charge < -0.3 is 9.47 Å². The van der Waals surface area contributed by atoms with Gasteiger partial charge in [-0.15, -0.1) is 0 Å². The number of hydrogen-bond acceptors (Lipinski definition) is 3. The Bertz CT molecular complexity index is 250. The van der Waals surface area contributed by atoms with Crippen molar-refractivity contribution in [2.45, 2.75) is 44.0 Å². The molecular formula is C9H12O3. The maximum absolute atomic E-state index is 11.0. The van der Waals surface area contributed by atoms with E-state index >= 15 is 0 Å². The van der Waals surface area contributed by atoms with Crippen LogP contribution in [-0.4, -0.2) is 23.8 Å². The second-order valence-corrected chi connectivity index (χ2v) is 4.31. The van der Waals surface area contributed by atoms with E-state index in [-0.39, 0.29) is 23.8 Å². The predicted molar refractivity (Wildman–Crippen MR) is 40.5 cm³/mol. The second kappa shape index (κ2) is 1.84. The van der Waals surface area contributed by atoms with Gasteiger partial charge in [0, 0.05) is 5.92 Å². The minimum atomic E-state index is -0.0373. The Labute approximate surface area is 71.0 Å². The molecule has 3 heteroatoms. The van der Waals surface area contributed by atoms with E-state index in [1.165, 1.54) is 0 Å². The Kier molecular flexibility index (Phi) is 1.06. The number of esters is 1. The van der Waals surface area contributed by atoms with Crippen molar-refractivity contribution in [1.82, 2.24) is 0 Å². The Hall–Kier alpha value is -0.570. The maximum atomic E-state index is 11.0. The lowest BCUT2D eigenvalue weighted by Gasteiger charge is -2.22. The van der Waals surface area contributed by atoms with Crippen molar-refractivity contribution in [3.05, 3.63) is 0 Å². The van der Waals surface area contributed by atoms with Crippen LogP contribution in [0.3, 0.4) is 0 Å². The lowest BCUT2D eigenvalue weighted by atomic mass is 9.81. The van der Waals surface area contributed by atoms with Gasteiger partial charge in [0.1, 0.15) is 12.2 Å². The van der Waals surface area contributed by atoms with Crippen LogP contribution in [0, 0.1) is 5.92 Å². The summed E-state index contributed by atoms with van der Waals surface area (Å²) >= 11 is 0. The summed E-state index contributed by atoms with van der Waals surface area (Å²) in [6.07, 6.45) is 3.08. The predicted octanol–water partition coefficient (Wildman–Crippen LogP) is 0.869. The second-order valence-electron chi connectivity index (χ2n) is 4.31. The van der Waals surface area contributed by atoms with Gasteiger partial charge in [0.05, 0.1) is 12.0 Å². The van der Waals surface area contributed by atoms with Crippen molar-refractivity contribution in [1.29, 1.82) is 0 Å². The summed E-state index contributed by atoms with van der Waals surface area (Å²) < 4.78 is 10.8. The Morgan fingerprint density at radius 1 is 1.58 bits per heavy atom. The number of epoxide rings is 1. The van der Waals surface area contributed by atoms with Crippen LogP contribution in [0.5, 0.6) is 0 Å². The SMILES string of the molecule is CC12CCC3CC(=O)OC3C1O2. The average molecular weight is 168 g/mol. The highest BCUT2D eigenvalue weighted by Gasteiger charge is 2.64. The summed E-state index contributed by atoms with van der Waals surface area (Å²) in [5, 5.41) is 0. The summed E-state index contributed by atoms with van der Waals surface area (Å²) in [4.78, 5) is 11.0. The van der Waals surface area contributed by atoms with Crippen LogP contribution in [-0.2, 0) is 14.3 Å². The largest absolute Gasteiger partial charge is 0.459 e. The van der Waals surface area contributed by atoms with Crippen molar-refractivity contribution < 1.29 is 14.3 Å². The molecule has 4 atom stereocenters. The summed E-state index contributed by atoms with van der Waals surface area (Å²) in [6, 6.07) is 0. The van der Waals surface area contributed by atoms with Crippen molar-refractivity contribution in [3.63, 3.8) is 0 Å². The monoisotopic (exact) mass is 168 g/mol. The highest BCUT2D eigenvalue weighted by atomic mass is 16.6. The van der Waals surface area contributed by atoms with Crippen LogP contribution in [0.2, 0.25) is 0 Å². The molecule has 66 valence electrons. The number of rotatable bonds is 0. The molecule has 0 amide bonds. The third-order valence-corrected chi connectivity index (χ3v) is 3.41. The van der Waals surface area contributed by atoms with Crippen LogP contribution in [0.4, 0.5) is 0 Å². The van der Waals surface area contributed by atoms with E-state index in [1.54, 1.807) is 0 Å². The fraction of sp³-hybridized carbons (Fsp3) is 0.889. The molecular weight excluding hydrogens is 156 g/mol. The van der Waals surface area contributed by atoms with Gasteiger partial charge in [-0.2, -0.15) is 0 Å². The van der Waals surface area contributed by atoms with Gasteiger partial charge in [-0.25, -0.2) is 0 Å². The van der Waals surface area contributed by atoms with Crippen molar-refractivity contribution in [2.75, 3.05) is 0 Å². The zero-order valence-electron chi connectivity index (χ0n) is 7.08. The van der Waals surface area contributed by atoms with Crippen molar-refractivity contribution >= 4 is 5.97 Å². The van der Waals surface area contributed by atoms with Crippen LogP contribution < -0.4 is 0 Å². The molecule has 1 aliphatic carbocycles. The number of ether oxygens (including phenoxy) is 2. The fourth-order valence-corrected chi connectivity index (χ4v) is 2.55. The number of carbonyl (C=O) groups is 1. The van der Waals surface area contributed by atoms with Crippen LogP contribution in [0.15, 0.2) is 0 Å². The van der Waals surface area contributed by atoms with E-state index in [0.717, 1.165) is 12.8 Å². The first-order chi connectivity index (χ1) is 5.69. The molecule has 3 aliphatic rings. The maximum Gasteiger partial charge on any atom is 0.306 e. The highest BCUT2D eigenvalue weighted by Crippen LogP contribution is 2.53. The fourth-order valence-electron chi connectivity index (χ4n) is 2.55. The van der Waals surface area contributed by atoms with E-state index in [0.29, 0.717) is 12.3 Å². The van der Waals surface area contributed by atoms with Gasteiger partial charge >= 0.3 is 5.97 Å². The van der Waals surface area contributed by atoms with Gasteiger partial charge in [-0.1, -0.05) is 0 Å². The average Bonchev–Trinajstić information content (AvgIpc) is 2.54. The minimum absolute atomic E-state index is 0.0373. The topological polar surface area (TPSA) is 38.8 Å². The lowest BCUT2D eigenvalue weighted by Crippen LogP contribution is -2.33. The Morgan fingerprint density at radius 2 is 2.42 bits per heavy atom. The highest BCUT2D eigenvalue weighted by molar-refractivity contribution is 5.72. The first kappa shape index (κ1) is 6.89. The molecule has 0 aromatic rings. The van der Waals surface area contributed by atoms with E-state index in [1.807, 2.05) is 0 Å². The van der Waals surface area contributed by atoms with Crippen LogP contribution in [0.25, 0.3) is 0 Å². The Morgan fingerprint density at radius 3 is 3.25 bits per heavy atom. The van der Waals surface area contributed by atoms with E-state index in [9.17, 15) is 4.79 Å². The molecule has 0 spiro atoms. The van der Waals surface area contributed by atoms with Gasteiger partial charge in [-0.05, 0) is 19.8 Å². The summed E-state index contributed by atoms with van der Waals surface area (Å²) in [5.74, 6) is 0.405. The van der Waals surface area contributed by atoms with E-state index < -0.39 is 0 Å². The quantitative estimate of drug-likeness (QED) is 0.398. The first-order valence-corrected chi connectivity index (χ1v) is 4.56. The number of fused-ring (bicyclic) bond motifs is 3. The molecule has 4 unspecified atom stereocenters. The lowest BCUT2D eigenvalue weighted by molar-refractivity contribution is -0.142. The van der Waals surface area contributed by atoms with Crippen molar-refractivity contribution in [2.24, 2.45) is 5.92 Å². The molecule has 0 bridgehead atoms. The molecule has 2 aliphatic heterocycles. The normalized spacial score (nSPS) is 55.8. The standard InChI is InChI=1S/C9H12O3/c1-9-3-2-5-4-6(10)11-7(5)8(9)12-9/h5,7-8H,2-4H2,1H3. The number of hydrogen-bond donors (Lipinski definition) is 0. The molecule has 0 aromatic heterocycles. The molecule has 12 heavy (non-hydrogen) atoms. The smallest absolute Gasteiger partial charge is 0.306 e. The first-order valence-electron chi connectivity index (χ1n) is 4.56. The molecule has 3 rings (SSSR count). The number of carbonyl (C=O) groups excluding carboxylic acids is 1. The molecule has 2 saturated heterocycles. The summed E-state index contributed by atoms with van der Waals surface area (Å²) in [6.45, 7) is 2.11. The summed E-state index contributed by atoms with van der Waals surface area (Å²) in [5.41, 5.74) is 0.0474. The zero-order chi connectivity index (χ0) is 8.34. The molecule has 2 heterocycles. The molecule has 3 fully saturated rings. The molecule has 1 saturated carbocycles. The van der Waals surface area contributed by atoms with Gasteiger partial charge in [0.15, 0.2) is 0 Å². The Balaban J connectivity index is 1.85. The van der Waals surface area contributed by atoms with Gasteiger partial charge in [0.2, 0.25) is 0 Å². The molecule has 0 aromatic carbocycles.